The van der Waals surface area contributed by atoms with Crippen LogP contribution in [0, 0.1) is 5.92 Å². The van der Waals surface area contributed by atoms with E-state index in [1.54, 1.807) is 6.92 Å². The van der Waals surface area contributed by atoms with Crippen molar-refractivity contribution < 1.29 is 48.7 Å². The highest BCUT2D eigenvalue weighted by atomic mass is 16.6. The number of hydrogen-bond donors (Lipinski definition) is 3. The van der Waals surface area contributed by atoms with Crippen molar-refractivity contribution in [2.24, 2.45) is 10.9 Å². The number of rotatable bonds is 11. The van der Waals surface area contributed by atoms with E-state index in [9.17, 15) is 29.7 Å². The van der Waals surface area contributed by atoms with E-state index in [-0.39, 0.29) is 73.4 Å². The second-order valence-corrected chi connectivity index (χ2v) is 14.5. The number of aliphatic hydroxyl groups excluding tert-OH is 2. The predicted octanol–water partition coefficient (Wildman–Crippen LogP) is 3.69. The van der Waals surface area contributed by atoms with Crippen LogP contribution in [0.1, 0.15) is 99.8 Å². The summed E-state index contributed by atoms with van der Waals surface area (Å²) in [5.41, 5.74) is 2.01. The molecular weight excluding hydrogens is 666 g/mol. The quantitative estimate of drug-likeness (QED) is 0.178. The Morgan fingerprint density at radius 1 is 1.12 bits per heavy atom. The zero-order chi connectivity index (χ0) is 36.6. The van der Waals surface area contributed by atoms with Gasteiger partial charge in [-0.3, -0.25) is 14.6 Å². The van der Waals surface area contributed by atoms with Crippen LogP contribution >= 0.6 is 0 Å². The topological polar surface area (TPSA) is 161 Å². The lowest BCUT2D eigenvalue weighted by Crippen LogP contribution is -2.49. The van der Waals surface area contributed by atoms with Crippen molar-refractivity contribution in [2.75, 3.05) is 26.4 Å². The Hall–Kier alpha value is -4.32. The Balaban J connectivity index is 1.43. The Labute approximate surface area is 302 Å². The van der Waals surface area contributed by atoms with E-state index in [0.29, 0.717) is 53.9 Å². The van der Waals surface area contributed by atoms with E-state index in [1.807, 2.05) is 31.2 Å². The number of aldehydes is 1. The van der Waals surface area contributed by atoms with Gasteiger partial charge in [0.25, 0.3) is 0 Å². The van der Waals surface area contributed by atoms with E-state index < -0.39 is 30.2 Å². The van der Waals surface area contributed by atoms with Crippen molar-refractivity contribution in [2.45, 2.75) is 102 Å². The first-order valence-electron chi connectivity index (χ1n) is 18.6. The molecule has 2 saturated carbocycles. The minimum atomic E-state index is -1.20. The number of aliphatic hydroxyl groups is 3. The van der Waals surface area contributed by atoms with Gasteiger partial charge >= 0.3 is 5.97 Å². The molecule has 0 unspecified atom stereocenters. The minimum absolute atomic E-state index is 0.0152. The predicted molar refractivity (Wildman–Crippen MR) is 190 cm³/mol. The summed E-state index contributed by atoms with van der Waals surface area (Å²) < 4.78 is 24.7. The first-order valence-corrected chi connectivity index (χ1v) is 18.6. The van der Waals surface area contributed by atoms with Crippen molar-refractivity contribution >= 4 is 29.7 Å². The van der Waals surface area contributed by atoms with Crippen molar-refractivity contribution in [1.82, 2.24) is 0 Å². The second-order valence-electron chi connectivity index (χ2n) is 14.5. The maximum absolute atomic E-state index is 13.6. The molecule has 0 aromatic heterocycles. The zero-order valence-corrected chi connectivity index (χ0v) is 29.9. The van der Waals surface area contributed by atoms with Gasteiger partial charge in [-0.1, -0.05) is 37.0 Å². The molecule has 3 heterocycles. The van der Waals surface area contributed by atoms with Crippen LogP contribution in [-0.2, 0) is 32.1 Å². The molecular formula is C41H47NO10. The number of ether oxygens (including phenoxy) is 4. The van der Waals surface area contributed by atoms with E-state index in [2.05, 4.69) is 4.99 Å². The van der Waals surface area contributed by atoms with Crippen LogP contribution in [0.25, 0.3) is 11.6 Å². The average Bonchev–Trinajstić information content (AvgIpc) is 3.83. The van der Waals surface area contributed by atoms with Gasteiger partial charge in [0.05, 0.1) is 48.4 Å². The number of ketones is 1. The van der Waals surface area contributed by atoms with Gasteiger partial charge in [-0.05, 0) is 68.4 Å². The molecule has 0 amide bonds. The fourth-order valence-corrected chi connectivity index (χ4v) is 8.66. The summed E-state index contributed by atoms with van der Waals surface area (Å²) in [7, 11) is 0. The highest BCUT2D eigenvalue weighted by molar-refractivity contribution is 6.11. The van der Waals surface area contributed by atoms with Crippen LogP contribution in [0.4, 0.5) is 0 Å². The third-order valence-corrected chi connectivity index (χ3v) is 11.4. The molecule has 11 nitrogen and oxygen atoms in total. The number of allylic oxidation sites excluding steroid dienone is 3. The molecule has 0 bridgehead atoms. The summed E-state index contributed by atoms with van der Waals surface area (Å²) in [6.07, 6.45) is 8.22. The lowest BCUT2D eigenvalue weighted by Gasteiger charge is -2.39. The van der Waals surface area contributed by atoms with Gasteiger partial charge in [-0.15, -0.1) is 0 Å². The van der Waals surface area contributed by atoms with Crippen LogP contribution in [-0.4, -0.2) is 71.4 Å². The second kappa shape index (κ2) is 15.0. The normalized spacial score (nSPS) is 23.7. The summed E-state index contributed by atoms with van der Waals surface area (Å²) in [5.74, 6) is -0.860. The lowest BCUT2D eigenvalue weighted by atomic mass is 9.74. The first-order chi connectivity index (χ1) is 25.2. The molecule has 0 spiro atoms. The minimum Gasteiger partial charge on any atom is -0.492 e. The standard InChI is InChI=1S/C41H47NO10/c1-3-49-40(47)39-29(21-44)34(25-11-13-32(46)27(19-25)23-10-12-31-24(18-23)14-15-42-31)35-37(50-17-7-16-43)28-20-33(41(2,48)26-8-5-4-6-9-26)51-36(28)30(22-45)38(35)52-39/h10,12,14,18,21,26-27,33,43,45,48H,3-9,11,13,15-17,19-20,22H2,1-2H3/b34-25-/t27-,33+,41-/m1/s1. The monoisotopic (exact) mass is 713 g/mol. The Morgan fingerprint density at radius 3 is 2.65 bits per heavy atom. The van der Waals surface area contributed by atoms with E-state index in [4.69, 9.17) is 18.9 Å². The number of fused-ring (bicyclic) bond motifs is 3. The number of carbonyl (C=O) groups excluding carboxylic acids is 3. The molecule has 11 heteroatoms. The summed E-state index contributed by atoms with van der Waals surface area (Å²) >= 11 is 0. The van der Waals surface area contributed by atoms with Crippen LogP contribution in [0.15, 0.2) is 40.1 Å². The Bertz CT molecular complexity index is 1970. The molecule has 52 heavy (non-hydrogen) atoms. The number of carbonyl (C=O) groups is 3. The van der Waals surface area contributed by atoms with Crippen molar-refractivity contribution in [3.05, 3.63) is 67.9 Å². The smallest absolute Gasteiger partial charge is 0.375 e. The molecule has 0 saturated heterocycles. The van der Waals surface area contributed by atoms with Gasteiger partial charge in [0.2, 0.25) is 5.76 Å². The maximum Gasteiger partial charge on any atom is 0.375 e. The molecule has 7 rings (SSSR count). The highest BCUT2D eigenvalue weighted by Gasteiger charge is 2.48. The summed E-state index contributed by atoms with van der Waals surface area (Å²) in [4.78, 5) is 44.7. The van der Waals surface area contributed by atoms with Gasteiger partial charge < -0.3 is 34.3 Å². The van der Waals surface area contributed by atoms with E-state index in [1.165, 1.54) is 0 Å². The number of hydrogen-bond acceptors (Lipinski definition) is 11. The molecule has 0 radical (unpaired) electrons. The van der Waals surface area contributed by atoms with Gasteiger partial charge in [0.15, 0.2) is 6.29 Å². The molecule has 3 N–H and O–H groups in total. The average molecular weight is 714 g/mol. The molecule has 3 aliphatic heterocycles. The van der Waals surface area contributed by atoms with Crippen molar-refractivity contribution in [3.63, 3.8) is 0 Å². The van der Waals surface area contributed by atoms with E-state index >= 15 is 0 Å². The fourth-order valence-electron chi connectivity index (χ4n) is 8.66. The van der Waals surface area contributed by atoms with Gasteiger partial charge in [0, 0.05) is 42.9 Å². The van der Waals surface area contributed by atoms with E-state index in [0.717, 1.165) is 53.8 Å². The largest absolute Gasteiger partial charge is 0.492 e. The molecule has 276 valence electrons. The van der Waals surface area contributed by atoms with Crippen LogP contribution in [0.2, 0.25) is 0 Å². The molecule has 2 aromatic carbocycles. The summed E-state index contributed by atoms with van der Waals surface area (Å²) in [6, 6.07) is 5.84. The lowest BCUT2D eigenvalue weighted by molar-refractivity contribution is -0.141. The number of esters is 1. The first kappa shape index (κ1) is 36.1. The van der Waals surface area contributed by atoms with Crippen LogP contribution in [0.3, 0.4) is 0 Å². The van der Waals surface area contributed by atoms with Gasteiger partial charge in [-0.2, -0.15) is 0 Å². The van der Waals surface area contributed by atoms with Gasteiger partial charge in [-0.25, -0.2) is 4.79 Å². The molecule has 2 fully saturated rings. The maximum atomic E-state index is 13.6. The van der Waals surface area contributed by atoms with Crippen molar-refractivity contribution in [3.8, 4) is 17.2 Å². The number of Topliss-reactive ketones (excluding diaryl/α,β-unsaturated/α-hetero) is 1. The third-order valence-electron chi connectivity index (χ3n) is 11.4. The fraction of sp³-hybridized carbons (Fsp3) is 0.512. The molecule has 5 aliphatic rings. The zero-order valence-electron chi connectivity index (χ0n) is 29.9. The van der Waals surface area contributed by atoms with Gasteiger partial charge in [0.1, 0.15) is 34.7 Å². The van der Waals surface area contributed by atoms with Crippen LogP contribution in [0.5, 0.6) is 17.2 Å². The van der Waals surface area contributed by atoms with Crippen LogP contribution < -0.4 is 24.8 Å². The SMILES string of the molecule is CCOC(=O)C1=C(C=O)/C(=C2\CCC(=O)[C@@H](c3ccc4c(c3)=CCN=4)C2)c2c(OCCCO)c3c(c(CO)c2O1)O[C@H]([C@](C)(O)C1CCCCC1)C3. The molecule has 2 aliphatic carbocycles. The molecule has 3 atom stereocenters. The number of benzene rings is 2. The Kier molecular flexibility index (Phi) is 10.4. The third kappa shape index (κ3) is 6.37. The number of nitrogens with zero attached hydrogens (tertiary/aromatic N) is 1. The van der Waals surface area contributed by atoms with Crippen molar-refractivity contribution in [1.29, 1.82) is 0 Å². The molecule has 2 aromatic rings. The summed E-state index contributed by atoms with van der Waals surface area (Å²) in [5, 5.41) is 34.6. The summed E-state index contributed by atoms with van der Waals surface area (Å²) in [6.45, 7) is 3.53. The Morgan fingerprint density at radius 2 is 1.92 bits per heavy atom. The highest BCUT2D eigenvalue weighted by Crippen LogP contribution is 2.57.